The number of ketones is 1. The van der Waals surface area contributed by atoms with E-state index in [9.17, 15) is 9.59 Å². The molecule has 0 spiro atoms. The van der Waals surface area contributed by atoms with Crippen molar-refractivity contribution in [3.63, 3.8) is 0 Å². The molecule has 0 bridgehead atoms. The van der Waals surface area contributed by atoms with E-state index in [1.54, 1.807) is 13.8 Å². The lowest BCUT2D eigenvalue weighted by molar-refractivity contribution is -0.145. The molecule has 0 radical (unpaired) electrons. The number of carbonyl (C=O) groups is 2. The van der Waals surface area contributed by atoms with Crippen molar-refractivity contribution in [2.75, 3.05) is 6.61 Å². The van der Waals surface area contributed by atoms with Crippen molar-refractivity contribution >= 4 is 11.8 Å². The van der Waals surface area contributed by atoms with Crippen LogP contribution in [-0.2, 0) is 14.3 Å². The predicted molar refractivity (Wildman–Crippen MR) is 63.5 cm³/mol. The fourth-order valence-electron chi connectivity index (χ4n) is 2.44. The Labute approximate surface area is 101 Å². The Morgan fingerprint density at radius 1 is 1.18 bits per heavy atom. The SMILES string of the molecule is CCOC(=O)[C@@H]1[C@@H](C(C)=O)[C@@H]1c1ccccc1. The molecule has 1 aliphatic carbocycles. The van der Waals surface area contributed by atoms with Crippen molar-refractivity contribution in [1.29, 1.82) is 0 Å². The maximum Gasteiger partial charge on any atom is 0.310 e. The minimum Gasteiger partial charge on any atom is -0.466 e. The van der Waals surface area contributed by atoms with Gasteiger partial charge in [0.25, 0.3) is 0 Å². The van der Waals surface area contributed by atoms with E-state index in [1.807, 2.05) is 30.3 Å². The van der Waals surface area contributed by atoms with Gasteiger partial charge in [-0.15, -0.1) is 0 Å². The van der Waals surface area contributed by atoms with Crippen LogP contribution in [-0.4, -0.2) is 18.4 Å². The normalized spacial score (nSPS) is 26.4. The van der Waals surface area contributed by atoms with E-state index in [0.29, 0.717) is 6.61 Å². The Balaban J connectivity index is 2.18. The van der Waals surface area contributed by atoms with Gasteiger partial charge in [-0.3, -0.25) is 9.59 Å². The van der Waals surface area contributed by atoms with E-state index in [1.165, 1.54) is 0 Å². The summed E-state index contributed by atoms with van der Waals surface area (Å²) in [6.07, 6.45) is 0. The monoisotopic (exact) mass is 232 g/mol. The highest BCUT2D eigenvalue weighted by Gasteiger charge is 2.58. The average Bonchev–Trinajstić information content (AvgIpc) is 3.06. The molecule has 1 aliphatic rings. The second-order valence-corrected chi connectivity index (χ2v) is 4.35. The maximum atomic E-state index is 11.7. The van der Waals surface area contributed by atoms with Gasteiger partial charge in [0.05, 0.1) is 12.5 Å². The molecule has 2 rings (SSSR count). The van der Waals surface area contributed by atoms with Crippen molar-refractivity contribution in [3.8, 4) is 0 Å². The van der Waals surface area contributed by atoms with Crippen molar-refractivity contribution in [2.45, 2.75) is 19.8 Å². The first-order valence-electron chi connectivity index (χ1n) is 5.88. The predicted octanol–water partition coefficient (Wildman–Crippen LogP) is 2.17. The van der Waals surface area contributed by atoms with Gasteiger partial charge in [0.1, 0.15) is 5.78 Å². The molecule has 0 saturated heterocycles. The second kappa shape index (κ2) is 4.70. The van der Waals surface area contributed by atoms with Crippen LogP contribution in [0.1, 0.15) is 25.3 Å². The number of hydrogen-bond donors (Lipinski definition) is 0. The molecular weight excluding hydrogens is 216 g/mol. The first kappa shape index (κ1) is 11.8. The van der Waals surface area contributed by atoms with E-state index in [2.05, 4.69) is 0 Å². The molecule has 0 unspecified atom stereocenters. The number of Topliss-reactive ketones (excluding diaryl/α,β-unsaturated/α-hetero) is 1. The molecule has 1 aromatic carbocycles. The first-order valence-corrected chi connectivity index (χ1v) is 5.88. The van der Waals surface area contributed by atoms with Gasteiger partial charge in [0, 0.05) is 11.8 Å². The van der Waals surface area contributed by atoms with Crippen molar-refractivity contribution < 1.29 is 14.3 Å². The maximum absolute atomic E-state index is 11.7. The summed E-state index contributed by atoms with van der Waals surface area (Å²) in [7, 11) is 0. The van der Waals surface area contributed by atoms with Gasteiger partial charge in [0.15, 0.2) is 0 Å². The number of esters is 1. The topological polar surface area (TPSA) is 43.4 Å². The Kier molecular flexibility index (Phi) is 3.27. The minimum atomic E-state index is -0.283. The van der Waals surface area contributed by atoms with E-state index >= 15 is 0 Å². The van der Waals surface area contributed by atoms with Gasteiger partial charge in [0.2, 0.25) is 0 Å². The molecule has 90 valence electrons. The highest BCUT2D eigenvalue weighted by Crippen LogP contribution is 2.54. The molecule has 0 aromatic heterocycles. The number of rotatable bonds is 4. The smallest absolute Gasteiger partial charge is 0.310 e. The Bertz CT molecular complexity index is 424. The molecule has 1 saturated carbocycles. The zero-order valence-electron chi connectivity index (χ0n) is 10.1. The third-order valence-electron chi connectivity index (χ3n) is 3.23. The lowest BCUT2D eigenvalue weighted by Gasteiger charge is -2.00. The van der Waals surface area contributed by atoms with E-state index in [0.717, 1.165) is 5.56 Å². The zero-order valence-corrected chi connectivity index (χ0v) is 10.1. The summed E-state index contributed by atoms with van der Waals surface area (Å²) < 4.78 is 5.01. The third-order valence-corrected chi connectivity index (χ3v) is 3.23. The molecule has 0 amide bonds. The van der Waals surface area contributed by atoms with Crippen molar-refractivity contribution in [1.82, 2.24) is 0 Å². The lowest BCUT2D eigenvalue weighted by Crippen LogP contribution is -2.10. The number of benzene rings is 1. The Morgan fingerprint density at radius 2 is 1.82 bits per heavy atom. The average molecular weight is 232 g/mol. The molecule has 1 fully saturated rings. The second-order valence-electron chi connectivity index (χ2n) is 4.35. The van der Waals surface area contributed by atoms with Crippen LogP contribution in [0.4, 0.5) is 0 Å². The molecule has 3 heteroatoms. The van der Waals surface area contributed by atoms with E-state index in [4.69, 9.17) is 4.74 Å². The lowest BCUT2D eigenvalue weighted by atomic mass is 10.1. The van der Waals surface area contributed by atoms with Crippen molar-refractivity contribution in [3.05, 3.63) is 35.9 Å². The summed E-state index contributed by atoms with van der Waals surface area (Å²) >= 11 is 0. The molecule has 1 aromatic rings. The summed E-state index contributed by atoms with van der Waals surface area (Å²) in [5, 5.41) is 0. The van der Waals surface area contributed by atoms with Crippen LogP contribution in [0.3, 0.4) is 0 Å². The number of hydrogen-bond acceptors (Lipinski definition) is 3. The van der Waals surface area contributed by atoms with Crippen LogP contribution in [0.25, 0.3) is 0 Å². The van der Waals surface area contributed by atoms with E-state index < -0.39 is 0 Å². The molecular formula is C14H16O3. The zero-order chi connectivity index (χ0) is 12.4. The van der Waals surface area contributed by atoms with Crippen molar-refractivity contribution in [2.24, 2.45) is 11.8 Å². The third kappa shape index (κ3) is 2.23. The molecule has 0 heterocycles. The molecule has 0 aliphatic heterocycles. The summed E-state index contributed by atoms with van der Waals surface area (Å²) in [6, 6.07) is 9.69. The largest absolute Gasteiger partial charge is 0.466 e. The van der Waals surface area contributed by atoms with Crippen LogP contribution in [0.15, 0.2) is 30.3 Å². The fraction of sp³-hybridized carbons (Fsp3) is 0.429. The Morgan fingerprint density at radius 3 is 2.35 bits per heavy atom. The number of ether oxygens (including phenoxy) is 1. The van der Waals surface area contributed by atoms with E-state index in [-0.39, 0.29) is 29.5 Å². The molecule has 0 N–H and O–H groups in total. The van der Waals surface area contributed by atoms with Crippen LogP contribution in [0.2, 0.25) is 0 Å². The van der Waals surface area contributed by atoms with Crippen LogP contribution in [0.5, 0.6) is 0 Å². The van der Waals surface area contributed by atoms with Crippen LogP contribution >= 0.6 is 0 Å². The van der Waals surface area contributed by atoms with Gasteiger partial charge in [-0.2, -0.15) is 0 Å². The summed E-state index contributed by atoms with van der Waals surface area (Å²) in [6.45, 7) is 3.68. The van der Waals surface area contributed by atoms with Crippen LogP contribution < -0.4 is 0 Å². The van der Waals surface area contributed by atoms with Gasteiger partial charge in [-0.25, -0.2) is 0 Å². The highest BCUT2D eigenvalue weighted by atomic mass is 16.5. The number of carbonyl (C=O) groups excluding carboxylic acids is 2. The Hall–Kier alpha value is -1.64. The summed E-state index contributed by atoms with van der Waals surface area (Å²) in [5.74, 6) is -0.655. The quantitative estimate of drug-likeness (QED) is 0.747. The fourth-order valence-corrected chi connectivity index (χ4v) is 2.44. The first-order chi connectivity index (χ1) is 8.16. The van der Waals surface area contributed by atoms with Crippen LogP contribution in [0, 0.1) is 11.8 Å². The summed E-state index contributed by atoms with van der Waals surface area (Å²) in [5.41, 5.74) is 1.05. The molecule has 17 heavy (non-hydrogen) atoms. The standard InChI is InChI=1S/C14H16O3/c1-3-17-14(16)13-11(9(2)15)12(13)10-7-5-4-6-8-10/h4-8,11-13H,3H2,1-2H3/t11-,12-,13+/m0/s1. The van der Waals surface area contributed by atoms with Gasteiger partial charge in [-0.1, -0.05) is 30.3 Å². The van der Waals surface area contributed by atoms with Gasteiger partial charge in [-0.05, 0) is 19.4 Å². The summed E-state index contributed by atoms with van der Waals surface area (Å²) in [4.78, 5) is 23.2. The van der Waals surface area contributed by atoms with Gasteiger partial charge < -0.3 is 4.74 Å². The molecule has 3 atom stereocenters. The van der Waals surface area contributed by atoms with Gasteiger partial charge >= 0.3 is 5.97 Å². The minimum absolute atomic E-state index is 0.00718. The highest BCUT2D eigenvalue weighted by molar-refractivity contribution is 5.92. The molecule has 3 nitrogen and oxygen atoms in total.